The van der Waals surface area contributed by atoms with Gasteiger partial charge in [-0.3, -0.25) is 0 Å². The summed E-state index contributed by atoms with van der Waals surface area (Å²) in [7, 11) is 0. The summed E-state index contributed by atoms with van der Waals surface area (Å²) in [6, 6.07) is 9.52. The van der Waals surface area contributed by atoms with Crippen molar-refractivity contribution in [2.45, 2.75) is 6.61 Å². The van der Waals surface area contributed by atoms with E-state index in [9.17, 15) is 0 Å². The molecule has 0 atom stereocenters. The minimum absolute atomic E-state index is 0. The summed E-state index contributed by atoms with van der Waals surface area (Å²) in [6.45, 7) is 0.140. The Bertz CT molecular complexity index is 221. The Morgan fingerprint density at radius 1 is 1.15 bits per heavy atom. The van der Waals surface area contributed by atoms with Crippen molar-refractivity contribution in [3.8, 4) is 0 Å². The molecule has 1 rings (SSSR count). The van der Waals surface area contributed by atoms with Crippen molar-refractivity contribution in [2.75, 3.05) is 0 Å². The Labute approximate surface area is 98.1 Å². The van der Waals surface area contributed by atoms with Gasteiger partial charge >= 0.3 is 35.7 Å². The summed E-state index contributed by atoms with van der Waals surface area (Å²) < 4.78 is 0. The van der Waals surface area contributed by atoms with Crippen molar-refractivity contribution in [1.29, 1.82) is 0 Å². The molecule has 0 aliphatic heterocycles. The van der Waals surface area contributed by atoms with Crippen LogP contribution in [0.5, 0.6) is 0 Å². The topological polar surface area (TPSA) is 77.8 Å². The van der Waals surface area contributed by atoms with Gasteiger partial charge in [-0.05, 0) is 5.56 Å². The van der Waals surface area contributed by atoms with Crippen molar-refractivity contribution in [3.63, 3.8) is 0 Å². The molecule has 0 radical (unpaired) electrons. The molecule has 1 aromatic carbocycles. The molecule has 0 aliphatic rings. The molecule has 0 spiro atoms. The second kappa shape index (κ2) is 9.54. The maximum absolute atomic E-state index is 8.56. The van der Waals surface area contributed by atoms with Crippen LogP contribution in [-0.4, -0.2) is 51.0 Å². The summed E-state index contributed by atoms with van der Waals surface area (Å²) in [5.41, 5.74) is 0.965. The molecule has 0 amide bonds. The number of carboxylic acid groups (broad SMARTS) is 2. The quantitative estimate of drug-likeness (QED) is 0.576. The van der Waals surface area contributed by atoms with E-state index in [0.29, 0.717) is 0 Å². The van der Waals surface area contributed by atoms with Crippen LogP contribution in [0.1, 0.15) is 5.56 Å². The predicted molar refractivity (Wildman–Crippen MR) is 50.2 cm³/mol. The zero-order valence-electron chi connectivity index (χ0n) is 6.34. The Kier molecular flexibility index (Phi) is 11.0. The van der Waals surface area contributed by atoms with Crippen LogP contribution in [0.25, 0.3) is 0 Å². The molecule has 1 aromatic rings. The second-order valence-electron chi connectivity index (χ2n) is 1.93. The van der Waals surface area contributed by atoms with Gasteiger partial charge in [0.1, 0.15) is 0 Å². The Morgan fingerprint density at radius 3 is 1.77 bits per heavy atom. The minimum atomic E-state index is -1.83. The summed E-state index contributed by atoms with van der Waals surface area (Å²) in [6.07, 6.45) is -1.83. The monoisotopic (exact) mass is 194 g/mol. The normalized spacial score (nSPS) is 7.46. The van der Waals surface area contributed by atoms with E-state index in [4.69, 9.17) is 20.1 Å². The van der Waals surface area contributed by atoms with E-state index in [0.717, 1.165) is 5.56 Å². The summed E-state index contributed by atoms with van der Waals surface area (Å²) in [5, 5.41) is 22.5. The molecule has 68 valence electrons. The fourth-order valence-electron chi connectivity index (χ4n) is 0.583. The number of aliphatic hydroxyl groups is 1. The molecule has 3 N–H and O–H groups in total. The average Bonchev–Trinajstić information content (AvgIpc) is 2.05. The van der Waals surface area contributed by atoms with Crippen molar-refractivity contribution >= 4 is 35.7 Å². The predicted octanol–water partition coefficient (Wildman–Crippen LogP) is 0.753. The van der Waals surface area contributed by atoms with Gasteiger partial charge in [-0.1, -0.05) is 30.3 Å². The van der Waals surface area contributed by atoms with Gasteiger partial charge in [0.15, 0.2) is 0 Å². The first kappa shape index (κ1) is 14.9. The van der Waals surface area contributed by atoms with Gasteiger partial charge < -0.3 is 15.3 Å². The zero-order chi connectivity index (χ0) is 9.40. The molecular weight excluding hydrogens is 183 g/mol. The number of rotatable bonds is 1. The molecule has 5 heteroatoms. The van der Waals surface area contributed by atoms with Crippen molar-refractivity contribution in [2.24, 2.45) is 0 Å². The third-order valence-electron chi connectivity index (χ3n) is 1.03. The van der Waals surface area contributed by atoms with Crippen molar-refractivity contribution in [1.82, 2.24) is 0 Å². The van der Waals surface area contributed by atoms with Gasteiger partial charge in [-0.15, -0.1) is 0 Å². The van der Waals surface area contributed by atoms with Gasteiger partial charge in [0.2, 0.25) is 0 Å². The molecule has 0 saturated carbocycles. The van der Waals surface area contributed by atoms with Gasteiger partial charge in [0.05, 0.1) is 6.61 Å². The third kappa shape index (κ3) is 11.5. The first-order valence-electron chi connectivity index (χ1n) is 3.23. The van der Waals surface area contributed by atoms with Gasteiger partial charge in [0.25, 0.3) is 0 Å². The summed E-state index contributed by atoms with van der Waals surface area (Å²) in [4.78, 5) is 8.56. The van der Waals surface area contributed by atoms with E-state index in [1.165, 1.54) is 0 Å². The number of aliphatic hydroxyl groups excluding tert-OH is 1. The SMILES string of the molecule is O=C(O)O.OCc1ccccc1.[NaH]. The van der Waals surface area contributed by atoms with E-state index < -0.39 is 6.16 Å². The molecule has 0 fully saturated rings. The number of hydrogen-bond donors (Lipinski definition) is 3. The molecular formula is C8H11NaO4. The molecule has 0 aliphatic carbocycles. The first-order valence-corrected chi connectivity index (χ1v) is 3.23. The van der Waals surface area contributed by atoms with Crippen LogP contribution in [0.3, 0.4) is 0 Å². The number of carbonyl (C=O) groups is 1. The fraction of sp³-hybridized carbons (Fsp3) is 0.125. The average molecular weight is 194 g/mol. The Morgan fingerprint density at radius 2 is 1.54 bits per heavy atom. The van der Waals surface area contributed by atoms with Crippen molar-refractivity contribution in [3.05, 3.63) is 35.9 Å². The third-order valence-corrected chi connectivity index (χ3v) is 1.03. The van der Waals surface area contributed by atoms with E-state index in [2.05, 4.69) is 0 Å². The zero-order valence-corrected chi connectivity index (χ0v) is 6.34. The van der Waals surface area contributed by atoms with Crippen LogP contribution in [0.4, 0.5) is 4.79 Å². The molecule has 4 nitrogen and oxygen atoms in total. The molecule has 0 bridgehead atoms. The van der Waals surface area contributed by atoms with E-state index in [-0.39, 0.29) is 36.2 Å². The van der Waals surface area contributed by atoms with Gasteiger partial charge in [-0.25, -0.2) is 4.79 Å². The van der Waals surface area contributed by atoms with Crippen LogP contribution >= 0.6 is 0 Å². The second-order valence-corrected chi connectivity index (χ2v) is 1.93. The van der Waals surface area contributed by atoms with Crippen molar-refractivity contribution < 1.29 is 20.1 Å². The van der Waals surface area contributed by atoms with E-state index in [1.54, 1.807) is 0 Å². The molecule has 13 heavy (non-hydrogen) atoms. The molecule has 0 aromatic heterocycles. The summed E-state index contributed by atoms with van der Waals surface area (Å²) >= 11 is 0. The van der Waals surface area contributed by atoms with E-state index >= 15 is 0 Å². The van der Waals surface area contributed by atoms with Crippen LogP contribution < -0.4 is 0 Å². The van der Waals surface area contributed by atoms with Crippen LogP contribution in [0.2, 0.25) is 0 Å². The summed E-state index contributed by atoms with van der Waals surface area (Å²) in [5.74, 6) is 0. The standard InChI is InChI=1S/C7H8O.CH2O3.Na.H/c8-6-7-4-2-1-3-5-7;2-1(3)4;;/h1-5,8H,6H2;(H2,2,3,4);;. The van der Waals surface area contributed by atoms with Crippen LogP contribution in [0, 0.1) is 0 Å². The Balaban J connectivity index is 0. The maximum atomic E-state index is 8.56. The van der Waals surface area contributed by atoms with Crippen LogP contribution in [0.15, 0.2) is 30.3 Å². The number of benzene rings is 1. The van der Waals surface area contributed by atoms with E-state index in [1.807, 2.05) is 30.3 Å². The fourth-order valence-corrected chi connectivity index (χ4v) is 0.583. The molecule has 0 heterocycles. The number of hydrogen-bond acceptors (Lipinski definition) is 2. The Hall–Kier alpha value is -0.550. The molecule has 0 unspecified atom stereocenters. The van der Waals surface area contributed by atoms with Crippen LogP contribution in [-0.2, 0) is 6.61 Å². The van der Waals surface area contributed by atoms with Gasteiger partial charge in [0, 0.05) is 0 Å². The molecule has 0 saturated heterocycles. The first-order chi connectivity index (χ1) is 5.66. The van der Waals surface area contributed by atoms with Gasteiger partial charge in [-0.2, -0.15) is 0 Å².